The van der Waals surface area contributed by atoms with E-state index >= 15 is 0 Å². The molecule has 1 aliphatic rings. The van der Waals surface area contributed by atoms with E-state index in [1.807, 2.05) is 0 Å². The van der Waals surface area contributed by atoms with Crippen LogP contribution in [0.1, 0.15) is 53.0 Å². The molecule has 1 aromatic rings. The zero-order valence-electron chi connectivity index (χ0n) is 16.9. The summed E-state index contributed by atoms with van der Waals surface area (Å²) in [6.45, 7) is 10.6. The molecule has 28 heavy (non-hydrogen) atoms. The van der Waals surface area contributed by atoms with Crippen LogP contribution in [0.15, 0.2) is 40.7 Å². The number of hydrogen-bond acceptors (Lipinski definition) is 5. The highest BCUT2D eigenvalue weighted by molar-refractivity contribution is 6.42. The van der Waals surface area contributed by atoms with E-state index < -0.39 is 17.9 Å². The Labute approximate surface area is 175 Å². The highest BCUT2D eigenvalue weighted by atomic mass is 35.5. The molecule has 0 radical (unpaired) electrons. The van der Waals surface area contributed by atoms with Crippen LogP contribution in [0.4, 0.5) is 0 Å². The number of carbonyl (C=O) groups is 2. The number of allylic oxidation sites excluding steroid dienone is 2. The number of benzene rings is 1. The minimum absolute atomic E-state index is 0.305. The van der Waals surface area contributed by atoms with Crippen molar-refractivity contribution in [1.29, 1.82) is 0 Å². The lowest BCUT2D eigenvalue weighted by atomic mass is 9.80. The van der Waals surface area contributed by atoms with E-state index in [1.54, 1.807) is 59.7 Å². The van der Waals surface area contributed by atoms with Crippen LogP contribution in [0.5, 0.6) is 0 Å². The van der Waals surface area contributed by atoms with Gasteiger partial charge in [-0.1, -0.05) is 29.3 Å². The van der Waals surface area contributed by atoms with Gasteiger partial charge in [0.05, 0.1) is 39.3 Å². The SMILES string of the molecule is CC1=C(C(=O)OC(C)C)C(c2ccc(Cl)c(Cl)c2)C(C(=O)OC(C)C)=C(C)N1. The molecule has 0 unspecified atom stereocenters. The van der Waals surface area contributed by atoms with Crippen LogP contribution in [0, 0.1) is 0 Å². The minimum atomic E-state index is -0.687. The van der Waals surface area contributed by atoms with Crippen LogP contribution in [0.2, 0.25) is 10.0 Å². The number of rotatable bonds is 5. The summed E-state index contributed by atoms with van der Waals surface area (Å²) in [6.07, 6.45) is -0.611. The Morgan fingerprint density at radius 2 is 1.36 bits per heavy atom. The van der Waals surface area contributed by atoms with Gasteiger partial charge in [-0.05, 0) is 59.2 Å². The average Bonchev–Trinajstić information content (AvgIpc) is 2.55. The van der Waals surface area contributed by atoms with Gasteiger partial charge in [0.15, 0.2) is 0 Å². The molecule has 0 saturated carbocycles. The van der Waals surface area contributed by atoms with Gasteiger partial charge in [0.1, 0.15) is 0 Å². The zero-order chi connectivity index (χ0) is 21.2. The van der Waals surface area contributed by atoms with E-state index in [4.69, 9.17) is 32.7 Å². The monoisotopic (exact) mass is 425 g/mol. The molecule has 1 aromatic carbocycles. The maximum atomic E-state index is 12.9. The second-order valence-electron chi connectivity index (χ2n) is 7.22. The standard InChI is InChI=1S/C21H25Cl2NO4/c1-10(2)27-20(25)17-12(5)24-13(6)18(21(26)28-11(3)4)19(17)14-7-8-15(22)16(23)9-14/h7-11,19,24H,1-6H3. The fourth-order valence-corrected chi connectivity index (χ4v) is 3.42. The first-order chi connectivity index (χ1) is 13.0. The largest absolute Gasteiger partial charge is 0.460 e. The molecule has 0 bridgehead atoms. The molecule has 1 N–H and O–H groups in total. The minimum Gasteiger partial charge on any atom is -0.460 e. The summed E-state index contributed by atoms with van der Waals surface area (Å²) in [5.74, 6) is -1.69. The summed E-state index contributed by atoms with van der Waals surface area (Å²) in [7, 11) is 0. The second kappa shape index (κ2) is 9.01. The second-order valence-corrected chi connectivity index (χ2v) is 8.03. The van der Waals surface area contributed by atoms with Gasteiger partial charge >= 0.3 is 11.9 Å². The third kappa shape index (κ3) is 4.89. The number of ether oxygens (including phenoxy) is 2. The van der Waals surface area contributed by atoms with Crippen molar-refractivity contribution in [3.8, 4) is 0 Å². The summed E-state index contributed by atoms with van der Waals surface area (Å²) in [5.41, 5.74) is 2.56. The van der Waals surface area contributed by atoms with Gasteiger partial charge in [-0.3, -0.25) is 0 Å². The maximum absolute atomic E-state index is 12.9. The first-order valence-electron chi connectivity index (χ1n) is 9.08. The van der Waals surface area contributed by atoms with E-state index in [9.17, 15) is 9.59 Å². The van der Waals surface area contributed by atoms with Crippen molar-refractivity contribution in [2.24, 2.45) is 0 Å². The van der Waals surface area contributed by atoms with Gasteiger partial charge in [-0.25, -0.2) is 9.59 Å². The third-order valence-corrected chi connectivity index (χ3v) is 4.90. The maximum Gasteiger partial charge on any atom is 0.337 e. The fourth-order valence-electron chi connectivity index (χ4n) is 3.12. The quantitative estimate of drug-likeness (QED) is 0.662. The topological polar surface area (TPSA) is 64.6 Å². The fraction of sp³-hybridized carbons (Fsp3) is 0.429. The van der Waals surface area contributed by atoms with Crippen molar-refractivity contribution in [2.45, 2.75) is 59.7 Å². The molecule has 0 spiro atoms. The van der Waals surface area contributed by atoms with E-state index in [0.717, 1.165) is 0 Å². The molecule has 1 aliphatic heterocycles. The van der Waals surface area contributed by atoms with Gasteiger partial charge < -0.3 is 14.8 Å². The van der Waals surface area contributed by atoms with E-state index in [-0.39, 0.29) is 12.2 Å². The zero-order valence-corrected chi connectivity index (χ0v) is 18.4. The lowest BCUT2D eigenvalue weighted by molar-refractivity contribution is -0.143. The van der Waals surface area contributed by atoms with Crippen molar-refractivity contribution in [3.63, 3.8) is 0 Å². The molecule has 0 atom stereocenters. The van der Waals surface area contributed by atoms with E-state index in [2.05, 4.69) is 5.32 Å². The number of halogens is 2. The molecular formula is C21H25Cl2NO4. The molecule has 0 aliphatic carbocycles. The summed E-state index contributed by atoms with van der Waals surface area (Å²) in [6, 6.07) is 5.05. The van der Waals surface area contributed by atoms with Crippen molar-refractivity contribution in [3.05, 3.63) is 56.3 Å². The first kappa shape index (κ1) is 22.3. The molecule has 5 nitrogen and oxygen atoms in total. The Kier molecular flexibility index (Phi) is 7.18. The van der Waals surface area contributed by atoms with Crippen LogP contribution in [-0.2, 0) is 19.1 Å². The molecule has 7 heteroatoms. The lowest BCUT2D eigenvalue weighted by Crippen LogP contribution is -2.33. The van der Waals surface area contributed by atoms with Crippen LogP contribution in [-0.4, -0.2) is 24.1 Å². The molecule has 152 valence electrons. The summed E-state index contributed by atoms with van der Waals surface area (Å²) in [5, 5.41) is 3.83. The summed E-state index contributed by atoms with van der Waals surface area (Å²) < 4.78 is 10.9. The molecule has 0 aromatic heterocycles. The van der Waals surface area contributed by atoms with E-state index in [0.29, 0.717) is 38.1 Å². The van der Waals surface area contributed by atoms with Gasteiger partial charge in [-0.15, -0.1) is 0 Å². The predicted octanol–water partition coefficient (Wildman–Crippen LogP) is 5.13. The number of carbonyl (C=O) groups excluding carboxylic acids is 2. The number of nitrogens with one attached hydrogen (secondary N) is 1. The van der Waals surface area contributed by atoms with Crippen molar-refractivity contribution >= 4 is 35.1 Å². The molecular weight excluding hydrogens is 401 g/mol. The lowest BCUT2D eigenvalue weighted by Gasteiger charge is -2.31. The number of hydrogen-bond donors (Lipinski definition) is 1. The Bertz CT molecular complexity index is 812. The van der Waals surface area contributed by atoms with Crippen LogP contribution >= 0.6 is 23.2 Å². The van der Waals surface area contributed by atoms with Crippen LogP contribution in [0.25, 0.3) is 0 Å². The van der Waals surface area contributed by atoms with Gasteiger partial charge in [-0.2, -0.15) is 0 Å². The van der Waals surface area contributed by atoms with Gasteiger partial charge in [0.2, 0.25) is 0 Å². The molecule has 2 rings (SSSR count). The Morgan fingerprint density at radius 1 is 0.893 bits per heavy atom. The average molecular weight is 426 g/mol. The highest BCUT2D eigenvalue weighted by Gasteiger charge is 2.38. The smallest absolute Gasteiger partial charge is 0.337 e. The molecule has 0 amide bonds. The Morgan fingerprint density at radius 3 is 1.75 bits per heavy atom. The highest BCUT2D eigenvalue weighted by Crippen LogP contribution is 2.41. The van der Waals surface area contributed by atoms with Gasteiger partial charge in [0, 0.05) is 11.4 Å². The van der Waals surface area contributed by atoms with Crippen molar-refractivity contribution in [2.75, 3.05) is 0 Å². The van der Waals surface area contributed by atoms with Crippen LogP contribution in [0.3, 0.4) is 0 Å². The van der Waals surface area contributed by atoms with Crippen molar-refractivity contribution in [1.82, 2.24) is 5.32 Å². The predicted molar refractivity (Wildman–Crippen MR) is 110 cm³/mol. The summed E-state index contributed by atoms with van der Waals surface area (Å²) >= 11 is 12.3. The number of dihydropyridines is 1. The first-order valence-corrected chi connectivity index (χ1v) is 9.84. The van der Waals surface area contributed by atoms with Crippen LogP contribution < -0.4 is 5.32 Å². The Hall–Kier alpha value is -1.98. The summed E-state index contributed by atoms with van der Waals surface area (Å²) in [4.78, 5) is 25.8. The van der Waals surface area contributed by atoms with E-state index in [1.165, 1.54) is 0 Å². The molecule has 0 saturated heterocycles. The Balaban J connectivity index is 2.66. The molecule has 0 fully saturated rings. The molecule has 1 heterocycles. The van der Waals surface area contributed by atoms with Gasteiger partial charge in [0.25, 0.3) is 0 Å². The normalized spacial score (nSPS) is 15.2. The third-order valence-electron chi connectivity index (χ3n) is 4.16. The van der Waals surface area contributed by atoms with Crippen molar-refractivity contribution < 1.29 is 19.1 Å². The number of esters is 2.